The van der Waals surface area contributed by atoms with E-state index in [1.54, 1.807) is 14.2 Å². The summed E-state index contributed by atoms with van der Waals surface area (Å²) in [6, 6.07) is 6.11. The molecule has 0 saturated carbocycles. The third kappa shape index (κ3) is 5.41. The van der Waals surface area contributed by atoms with Crippen LogP contribution in [0.5, 0.6) is 11.5 Å². The van der Waals surface area contributed by atoms with Gasteiger partial charge < -0.3 is 14.2 Å². The maximum absolute atomic E-state index is 5.79. The average Bonchev–Trinajstić information content (AvgIpc) is 2.43. The van der Waals surface area contributed by atoms with Gasteiger partial charge in [-0.25, -0.2) is 0 Å². The van der Waals surface area contributed by atoms with Crippen LogP contribution in [0.2, 0.25) is 0 Å². The van der Waals surface area contributed by atoms with E-state index in [2.05, 4.69) is 32.9 Å². The summed E-state index contributed by atoms with van der Waals surface area (Å²) in [6.07, 6.45) is 1.82. The first-order chi connectivity index (χ1) is 9.58. The summed E-state index contributed by atoms with van der Waals surface area (Å²) in [4.78, 5) is 0. The molecule has 0 aliphatic heterocycles. The fourth-order valence-electron chi connectivity index (χ4n) is 1.88. The van der Waals surface area contributed by atoms with Crippen LogP contribution in [-0.2, 0) is 11.2 Å². The molecule has 113 valence electrons. The molecule has 0 fully saturated rings. The molecular weight excluding hydrogens is 252 g/mol. The van der Waals surface area contributed by atoms with Crippen molar-refractivity contribution in [1.82, 2.24) is 0 Å². The second-order valence-corrected chi connectivity index (χ2v) is 5.39. The minimum Gasteiger partial charge on any atom is -0.493 e. The molecule has 0 N–H and O–H groups in total. The molecule has 1 aromatic rings. The highest BCUT2D eigenvalue weighted by Gasteiger charge is 2.11. The number of rotatable bonds is 9. The van der Waals surface area contributed by atoms with Crippen LogP contribution in [-0.4, -0.2) is 27.4 Å². The van der Waals surface area contributed by atoms with E-state index in [4.69, 9.17) is 14.2 Å². The summed E-state index contributed by atoms with van der Waals surface area (Å²) in [6.45, 7) is 9.93. The first-order valence-electron chi connectivity index (χ1n) is 7.20. The van der Waals surface area contributed by atoms with E-state index in [-0.39, 0.29) is 0 Å². The van der Waals surface area contributed by atoms with Crippen molar-refractivity contribution in [3.05, 3.63) is 30.7 Å². The van der Waals surface area contributed by atoms with Crippen LogP contribution >= 0.6 is 0 Å². The van der Waals surface area contributed by atoms with Crippen LogP contribution in [0.15, 0.2) is 18.2 Å². The van der Waals surface area contributed by atoms with Gasteiger partial charge >= 0.3 is 0 Å². The Balaban J connectivity index is 2.69. The number of ether oxygens (including phenoxy) is 3. The van der Waals surface area contributed by atoms with E-state index >= 15 is 0 Å². The van der Waals surface area contributed by atoms with Crippen molar-refractivity contribution in [2.45, 2.75) is 26.7 Å². The number of hydrogen-bond acceptors (Lipinski definition) is 3. The van der Waals surface area contributed by atoms with Gasteiger partial charge in [-0.3, -0.25) is 0 Å². The van der Waals surface area contributed by atoms with Crippen LogP contribution < -0.4 is 9.47 Å². The third-order valence-electron chi connectivity index (χ3n) is 3.42. The predicted molar refractivity (Wildman–Crippen MR) is 82.4 cm³/mol. The molecule has 0 unspecified atom stereocenters. The van der Waals surface area contributed by atoms with E-state index in [0.717, 1.165) is 24.3 Å². The van der Waals surface area contributed by atoms with Crippen LogP contribution in [0.3, 0.4) is 0 Å². The molecular formula is C17H27O3. The fraction of sp³-hybridized carbons (Fsp3) is 0.588. The van der Waals surface area contributed by atoms with Gasteiger partial charge in [0.05, 0.1) is 13.7 Å². The normalized spacial score (nSPS) is 12.5. The lowest BCUT2D eigenvalue weighted by Crippen LogP contribution is -2.08. The van der Waals surface area contributed by atoms with Crippen molar-refractivity contribution in [1.29, 1.82) is 0 Å². The molecule has 20 heavy (non-hydrogen) atoms. The lowest BCUT2D eigenvalue weighted by Gasteiger charge is -2.17. The third-order valence-corrected chi connectivity index (χ3v) is 3.42. The fourth-order valence-corrected chi connectivity index (χ4v) is 1.88. The van der Waals surface area contributed by atoms with Crippen molar-refractivity contribution in [2.24, 2.45) is 11.8 Å². The minimum atomic E-state index is 0.407. The average molecular weight is 279 g/mol. The van der Waals surface area contributed by atoms with Crippen LogP contribution in [0, 0.1) is 18.8 Å². The van der Waals surface area contributed by atoms with E-state index < -0.39 is 0 Å². The molecule has 1 rings (SSSR count). The number of benzene rings is 1. The summed E-state index contributed by atoms with van der Waals surface area (Å²) >= 11 is 0. The van der Waals surface area contributed by atoms with Crippen molar-refractivity contribution in [2.75, 3.05) is 27.4 Å². The molecule has 1 radical (unpaired) electrons. The van der Waals surface area contributed by atoms with Crippen LogP contribution in [0.1, 0.15) is 25.8 Å². The van der Waals surface area contributed by atoms with Gasteiger partial charge in [0, 0.05) is 20.1 Å². The van der Waals surface area contributed by atoms with Crippen molar-refractivity contribution in [3.63, 3.8) is 0 Å². The topological polar surface area (TPSA) is 27.7 Å². The Labute approximate surface area is 123 Å². The van der Waals surface area contributed by atoms with Gasteiger partial charge in [-0.05, 0) is 42.9 Å². The lowest BCUT2D eigenvalue weighted by molar-refractivity contribution is 0.170. The van der Waals surface area contributed by atoms with Gasteiger partial charge in [0.15, 0.2) is 11.5 Å². The zero-order chi connectivity index (χ0) is 15.0. The van der Waals surface area contributed by atoms with Gasteiger partial charge in [-0.2, -0.15) is 0 Å². The molecule has 1 atom stereocenters. The molecule has 0 heterocycles. The summed E-state index contributed by atoms with van der Waals surface area (Å²) in [5, 5.41) is 0. The number of hydrogen-bond donors (Lipinski definition) is 0. The molecule has 0 aliphatic rings. The molecule has 0 amide bonds. The van der Waals surface area contributed by atoms with Crippen molar-refractivity contribution in [3.8, 4) is 11.5 Å². The van der Waals surface area contributed by atoms with Gasteiger partial charge in [0.1, 0.15) is 0 Å². The quantitative estimate of drug-likeness (QED) is 0.644. The SMILES string of the molecule is [CH2][C@H](Cc1ccc(OC)c(OCCCOC)c1)C(C)C. The second-order valence-electron chi connectivity index (χ2n) is 5.39. The molecule has 0 aromatic heterocycles. The standard InChI is InChI=1S/C17H27O3/c1-13(2)14(3)11-15-7-8-16(19-5)17(12-15)20-10-6-9-18-4/h7-8,12-14H,3,6,9-11H2,1-2,4-5H3/t14-/m1/s1. The monoisotopic (exact) mass is 279 g/mol. The van der Waals surface area contributed by atoms with E-state index in [0.29, 0.717) is 25.0 Å². The largest absolute Gasteiger partial charge is 0.493 e. The molecule has 0 aliphatic carbocycles. The Bertz CT molecular complexity index is 388. The zero-order valence-electron chi connectivity index (χ0n) is 13.1. The molecule has 0 bridgehead atoms. The zero-order valence-corrected chi connectivity index (χ0v) is 13.1. The summed E-state index contributed by atoms with van der Waals surface area (Å²) in [7, 11) is 3.36. The maximum atomic E-state index is 5.79. The van der Waals surface area contributed by atoms with Crippen LogP contribution in [0.25, 0.3) is 0 Å². The van der Waals surface area contributed by atoms with Gasteiger partial charge in [0.25, 0.3) is 0 Å². The Morgan fingerprint density at radius 1 is 1.10 bits per heavy atom. The van der Waals surface area contributed by atoms with Gasteiger partial charge in [-0.15, -0.1) is 0 Å². The van der Waals surface area contributed by atoms with E-state index in [9.17, 15) is 0 Å². The highest BCUT2D eigenvalue weighted by atomic mass is 16.5. The Morgan fingerprint density at radius 3 is 2.45 bits per heavy atom. The lowest BCUT2D eigenvalue weighted by atomic mass is 9.91. The molecule has 0 spiro atoms. The van der Waals surface area contributed by atoms with Crippen molar-refractivity contribution < 1.29 is 14.2 Å². The van der Waals surface area contributed by atoms with E-state index in [1.165, 1.54) is 5.56 Å². The maximum Gasteiger partial charge on any atom is 0.161 e. The highest BCUT2D eigenvalue weighted by Crippen LogP contribution is 2.29. The first-order valence-corrected chi connectivity index (χ1v) is 7.20. The molecule has 0 saturated heterocycles. The van der Waals surface area contributed by atoms with Gasteiger partial charge in [-0.1, -0.05) is 19.9 Å². The Morgan fingerprint density at radius 2 is 1.85 bits per heavy atom. The summed E-state index contributed by atoms with van der Waals surface area (Å²) < 4.78 is 16.1. The highest BCUT2D eigenvalue weighted by molar-refractivity contribution is 5.43. The summed E-state index contributed by atoms with van der Waals surface area (Å²) in [5.41, 5.74) is 1.24. The smallest absolute Gasteiger partial charge is 0.161 e. The summed E-state index contributed by atoms with van der Waals surface area (Å²) in [5.74, 6) is 2.56. The second kappa shape index (κ2) is 8.85. The molecule has 3 nitrogen and oxygen atoms in total. The van der Waals surface area contributed by atoms with E-state index in [1.807, 2.05) is 6.07 Å². The predicted octanol–water partition coefficient (Wildman–Crippen LogP) is 3.76. The van der Waals surface area contributed by atoms with Gasteiger partial charge in [0.2, 0.25) is 0 Å². The number of methoxy groups -OCH3 is 2. The Kier molecular flexibility index (Phi) is 7.45. The molecule has 1 aromatic carbocycles. The van der Waals surface area contributed by atoms with Crippen molar-refractivity contribution >= 4 is 0 Å². The first kappa shape index (κ1) is 16.8. The minimum absolute atomic E-state index is 0.407. The Hall–Kier alpha value is -1.22. The molecule has 3 heteroatoms. The van der Waals surface area contributed by atoms with Crippen LogP contribution in [0.4, 0.5) is 0 Å².